The molecule has 1 heterocycles. The number of ether oxygens (including phenoxy) is 1. The Labute approximate surface area is 78.4 Å². The molecule has 0 aliphatic rings. The van der Waals surface area contributed by atoms with Gasteiger partial charge in [0, 0.05) is 0 Å². The Balaban J connectivity index is 2.49. The molecule has 0 radical (unpaired) electrons. The number of hydrogen-bond donors (Lipinski definition) is 1. The van der Waals surface area contributed by atoms with Crippen molar-refractivity contribution in [3.63, 3.8) is 0 Å². The zero-order chi connectivity index (χ0) is 9.68. The maximum absolute atomic E-state index is 8.74. The fourth-order valence-electron chi connectivity index (χ4n) is 0.853. The maximum Gasteiger partial charge on any atom is 0.137 e. The summed E-state index contributed by atoms with van der Waals surface area (Å²) in [4.78, 5) is 4.00. The highest BCUT2D eigenvalue weighted by Crippen LogP contribution is 2.10. The zero-order valence-electron chi connectivity index (χ0n) is 8.03. The summed E-state index contributed by atoms with van der Waals surface area (Å²) >= 11 is 0. The fraction of sp³-hybridized carbons (Fsp3) is 0.500. The summed E-state index contributed by atoms with van der Waals surface area (Å²) in [5.74, 6) is 1.27. The van der Waals surface area contributed by atoms with Gasteiger partial charge in [-0.25, -0.2) is 0 Å². The van der Waals surface area contributed by atoms with E-state index < -0.39 is 0 Å². The van der Waals surface area contributed by atoms with E-state index in [4.69, 9.17) is 9.84 Å². The average Bonchev–Trinajstić information content (AvgIpc) is 2.15. The Kier molecular flexibility index (Phi) is 3.71. The highest BCUT2D eigenvalue weighted by Gasteiger charge is 1.97. The summed E-state index contributed by atoms with van der Waals surface area (Å²) < 4.78 is 5.42. The topological polar surface area (TPSA) is 42.4 Å². The van der Waals surface area contributed by atoms with E-state index in [9.17, 15) is 0 Å². The lowest BCUT2D eigenvalue weighted by Gasteiger charge is -2.07. The van der Waals surface area contributed by atoms with Crippen LogP contribution < -0.4 is 4.74 Å². The summed E-state index contributed by atoms with van der Waals surface area (Å²) in [6, 6.07) is 3.58. The van der Waals surface area contributed by atoms with Crippen molar-refractivity contribution in [2.24, 2.45) is 5.92 Å². The molecule has 0 atom stereocenters. The van der Waals surface area contributed by atoms with E-state index in [1.807, 2.05) is 6.07 Å². The van der Waals surface area contributed by atoms with Crippen molar-refractivity contribution >= 4 is 0 Å². The SMILES string of the molecule is CC(C)COc1ccc(CO)nc1. The van der Waals surface area contributed by atoms with Crippen molar-refractivity contribution in [3.8, 4) is 5.75 Å². The van der Waals surface area contributed by atoms with Crippen LogP contribution in [-0.4, -0.2) is 16.7 Å². The third-order valence-electron chi connectivity index (χ3n) is 1.54. The molecule has 72 valence electrons. The van der Waals surface area contributed by atoms with Gasteiger partial charge >= 0.3 is 0 Å². The molecular formula is C10H15NO2. The number of rotatable bonds is 4. The quantitative estimate of drug-likeness (QED) is 0.767. The first-order valence-electron chi connectivity index (χ1n) is 4.41. The van der Waals surface area contributed by atoms with Crippen LogP contribution in [0.1, 0.15) is 19.5 Å². The predicted molar refractivity (Wildman–Crippen MR) is 50.5 cm³/mol. The maximum atomic E-state index is 8.74. The van der Waals surface area contributed by atoms with E-state index in [-0.39, 0.29) is 6.61 Å². The Morgan fingerprint density at radius 2 is 2.23 bits per heavy atom. The highest BCUT2D eigenvalue weighted by molar-refractivity contribution is 5.19. The molecule has 0 aliphatic carbocycles. The molecular weight excluding hydrogens is 166 g/mol. The van der Waals surface area contributed by atoms with Crippen molar-refractivity contribution in [2.75, 3.05) is 6.61 Å². The Hall–Kier alpha value is -1.09. The number of aliphatic hydroxyl groups is 1. The van der Waals surface area contributed by atoms with Gasteiger partial charge in [0.1, 0.15) is 5.75 Å². The van der Waals surface area contributed by atoms with Gasteiger partial charge in [0.15, 0.2) is 0 Å². The van der Waals surface area contributed by atoms with Crippen molar-refractivity contribution in [2.45, 2.75) is 20.5 Å². The summed E-state index contributed by atoms with van der Waals surface area (Å²) in [6.45, 7) is 4.86. The first kappa shape index (κ1) is 9.99. The molecule has 1 N–H and O–H groups in total. The minimum absolute atomic E-state index is 0.0234. The first-order valence-corrected chi connectivity index (χ1v) is 4.41. The van der Waals surface area contributed by atoms with Gasteiger partial charge in [-0.1, -0.05) is 13.8 Å². The van der Waals surface area contributed by atoms with Crippen LogP contribution in [0, 0.1) is 5.92 Å². The average molecular weight is 181 g/mol. The molecule has 0 saturated carbocycles. The van der Waals surface area contributed by atoms with Crippen LogP contribution in [0.2, 0.25) is 0 Å². The molecule has 0 bridgehead atoms. The van der Waals surface area contributed by atoms with Gasteiger partial charge in [-0.3, -0.25) is 4.98 Å². The van der Waals surface area contributed by atoms with Crippen LogP contribution in [0.15, 0.2) is 18.3 Å². The van der Waals surface area contributed by atoms with Crippen molar-refractivity contribution in [3.05, 3.63) is 24.0 Å². The van der Waals surface area contributed by atoms with E-state index in [0.717, 1.165) is 5.75 Å². The summed E-state index contributed by atoms with van der Waals surface area (Å²) in [6.07, 6.45) is 1.63. The second-order valence-electron chi connectivity index (χ2n) is 3.35. The molecule has 0 unspecified atom stereocenters. The molecule has 3 heteroatoms. The second kappa shape index (κ2) is 4.82. The highest BCUT2D eigenvalue weighted by atomic mass is 16.5. The molecule has 1 rings (SSSR count). The van der Waals surface area contributed by atoms with E-state index in [1.54, 1.807) is 12.3 Å². The number of pyridine rings is 1. The third-order valence-corrected chi connectivity index (χ3v) is 1.54. The summed E-state index contributed by atoms with van der Waals surface area (Å²) in [7, 11) is 0. The molecule has 0 aromatic carbocycles. The van der Waals surface area contributed by atoms with Crippen molar-refractivity contribution in [1.29, 1.82) is 0 Å². The number of aliphatic hydroxyl groups excluding tert-OH is 1. The monoisotopic (exact) mass is 181 g/mol. The zero-order valence-corrected chi connectivity index (χ0v) is 8.03. The van der Waals surface area contributed by atoms with Gasteiger partial charge in [-0.05, 0) is 18.1 Å². The van der Waals surface area contributed by atoms with Gasteiger partial charge in [0.2, 0.25) is 0 Å². The fourth-order valence-corrected chi connectivity index (χ4v) is 0.853. The lowest BCUT2D eigenvalue weighted by molar-refractivity contribution is 0.266. The first-order chi connectivity index (χ1) is 6.22. The van der Waals surface area contributed by atoms with E-state index in [1.165, 1.54) is 0 Å². The van der Waals surface area contributed by atoms with Crippen molar-refractivity contribution < 1.29 is 9.84 Å². The molecule has 1 aromatic rings. The Morgan fingerprint density at radius 3 is 2.69 bits per heavy atom. The van der Waals surface area contributed by atoms with Gasteiger partial charge < -0.3 is 9.84 Å². The standard InChI is InChI=1S/C10H15NO2/c1-8(2)7-13-10-4-3-9(6-12)11-5-10/h3-5,8,12H,6-7H2,1-2H3. The van der Waals surface area contributed by atoms with Crippen LogP contribution >= 0.6 is 0 Å². The second-order valence-corrected chi connectivity index (χ2v) is 3.35. The number of aromatic nitrogens is 1. The predicted octanol–water partition coefficient (Wildman–Crippen LogP) is 1.61. The molecule has 3 nitrogen and oxygen atoms in total. The van der Waals surface area contributed by atoms with Crippen LogP contribution in [0.4, 0.5) is 0 Å². The smallest absolute Gasteiger partial charge is 0.137 e. The van der Waals surface area contributed by atoms with Gasteiger partial charge in [-0.2, -0.15) is 0 Å². The molecule has 0 spiro atoms. The van der Waals surface area contributed by atoms with Crippen LogP contribution in [0.5, 0.6) is 5.75 Å². The molecule has 0 fully saturated rings. The number of hydrogen-bond acceptors (Lipinski definition) is 3. The molecule has 0 aliphatic heterocycles. The lowest BCUT2D eigenvalue weighted by Crippen LogP contribution is -2.04. The van der Waals surface area contributed by atoms with Crippen molar-refractivity contribution in [1.82, 2.24) is 4.98 Å². The normalized spacial score (nSPS) is 10.5. The van der Waals surface area contributed by atoms with Gasteiger partial charge in [-0.15, -0.1) is 0 Å². The van der Waals surface area contributed by atoms with E-state index >= 15 is 0 Å². The van der Waals surface area contributed by atoms with Gasteiger partial charge in [0.05, 0.1) is 25.1 Å². The van der Waals surface area contributed by atoms with E-state index in [2.05, 4.69) is 18.8 Å². The number of nitrogens with zero attached hydrogens (tertiary/aromatic N) is 1. The minimum Gasteiger partial charge on any atom is -0.492 e. The molecule has 1 aromatic heterocycles. The third kappa shape index (κ3) is 3.42. The van der Waals surface area contributed by atoms with Crippen LogP contribution in [0.3, 0.4) is 0 Å². The van der Waals surface area contributed by atoms with Crippen LogP contribution in [0.25, 0.3) is 0 Å². The molecule has 13 heavy (non-hydrogen) atoms. The Morgan fingerprint density at radius 1 is 1.46 bits per heavy atom. The molecule has 0 amide bonds. The lowest BCUT2D eigenvalue weighted by atomic mass is 10.2. The Bertz CT molecular complexity index is 244. The van der Waals surface area contributed by atoms with Crippen LogP contribution in [-0.2, 0) is 6.61 Å². The van der Waals surface area contributed by atoms with E-state index in [0.29, 0.717) is 18.2 Å². The molecule has 0 saturated heterocycles. The summed E-state index contributed by atoms with van der Waals surface area (Å²) in [5.41, 5.74) is 0.664. The summed E-state index contributed by atoms with van der Waals surface area (Å²) in [5, 5.41) is 8.74. The largest absolute Gasteiger partial charge is 0.492 e. The van der Waals surface area contributed by atoms with Gasteiger partial charge in [0.25, 0.3) is 0 Å². The minimum atomic E-state index is -0.0234.